The molecule has 1 N–H and O–H groups in total. The molecule has 2 aromatic heterocycles. The normalized spacial score (nSPS) is 22.2. The van der Waals surface area contributed by atoms with Crippen LogP contribution < -0.4 is 0 Å². The van der Waals surface area contributed by atoms with Gasteiger partial charge in [0.25, 0.3) is 0 Å². The molecule has 0 amide bonds. The summed E-state index contributed by atoms with van der Waals surface area (Å²) < 4.78 is 4.43. The minimum atomic E-state index is -0.165. The van der Waals surface area contributed by atoms with Crippen LogP contribution in [-0.2, 0) is 26.2 Å². The molecule has 0 bridgehead atoms. The van der Waals surface area contributed by atoms with E-state index in [-0.39, 0.29) is 6.10 Å². The third kappa shape index (κ3) is 4.32. The molecule has 6 heteroatoms. The number of β-amino-alcohol motifs (C(OH)–C–C–N with tert-alkyl or cyclic N) is 1. The number of likely N-dealkylation sites (tertiary alicyclic amines) is 1. The van der Waals surface area contributed by atoms with Gasteiger partial charge in [0.15, 0.2) is 0 Å². The molecule has 0 aromatic carbocycles. The van der Waals surface area contributed by atoms with Gasteiger partial charge in [-0.05, 0) is 44.0 Å². The molecule has 0 unspecified atom stereocenters. The van der Waals surface area contributed by atoms with Crippen LogP contribution in [0, 0.1) is 0 Å². The fourth-order valence-electron chi connectivity index (χ4n) is 4.05. The SMILES string of the molecule is O[C@@H]1CCCN(Cc2cc3n(n2)CCN(CCCn2cccc2)C3)C1. The highest BCUT2D eigenvalue weighted by Gasteiger charge is 2.21. The Hall–Kier alpha value is -1.63. The number of aliphatic hydroxyl groups is 1. The molecule has 4 heterocycles. The summed E-state index contributed by atoms with van der Waals surface area (Å²) in [7, 11) is 0. The van der Waals surface area contributed by atoms with Crippen LogP contribution in [0.4, 0.5) is 0 Å². The van der Waals surface area contributed by atoms with E-state index in [0.29, 0.717) is 0 Å². The molecular formula is C19H29N5O. The first kappa shape index (κ1) is 16.8. The number of aryl methyl sites for hydroxylation is 1. The van der Waals surface area contributed by atoms with Gasteiger partial charge in [-0.15, -0.1) is 0 Å². The zero-order valence-electron chi connectivity index (χ0n) is 14.9. The smallest absolute Gasteiger partial charge is 0.0768 e. The Kier molecular flexibility index (Phi) is 5.20. The molecule has 0 saturated carbocycles. The van der Waals surface area contributed by atoms with E-state index in [9.17, 15) is 5.11 Å². The zero-order chi connectivity index (χ0) is 17.1. The lowest BCUT2D eigenvalue weighted by molar-refractivity contribution is 0.0661. The largest absolute Gasteiger partial charge is 0.392 e. The average molecular weight is 343 g/mol. The van der Waals surface area contributed by atoms with Gasteiger partial charge in [-0.25, -0.2) is 0 Å². The Morgan fingerprint density at radius 3 is 2.80 bits per heavy atom. The fourth-order valence-corrected chi connectivity index (χ4v) is 4.05. The van der Waals surface area contributed by atoms with E-state index in [0.717, 1.165) is 70.9 Å². The highest BCUT2D eigenvalue weighted by Crippen LogP contribution is 2.17. The molecule has 1 saturated heterocycles. The summed E-state index contributed by atoms with van der Waals surface area (Å²) >= 11 is 0. The summed E-state index contributed by atoms with van der Waals surface area (Å²) in [5, 5.41) is 14.6. The molecule has 25 heavy (non-hydrogen) atoms. The molecule has 2 aliphatic heterocycles. The van der Waals surface area contributed by atoms with Crippen LogP contribution in [0.15, 0.2) is 30.6 Å². The summed E-state index contributed by atoms with van der Waals surface area (Å²) in [6.07, 6.45) is 7.31. The van der Waals surface area contributed by atoms with Crippen LogP contribution in [-0.4, -0.2) is 61.5 Å². The van der Waals surface area contributed by atoms with E-state index >= 15 is 0 Å². The lowest BCUT2D eigenvalue weighted by Crippen LogP contribution is -2.37. The number of aromatic nitrogens is 3. The van der Waals surface area contributed by atoms with E-state index in [1.807, 2.05) is 0 Å². The molecule has 2 aliphatic rings. The van der Waals surface area contributed by atoms with E-state index in [1.54, 1.807) is 0 Å². The second kappa shape index (κ2) is 7.72. The molecule has 6 nitrogen and oxygen atoms in total. The van der Waals surface area contributed by atoms with Crippen LogP contribution in [0.2, 0.25) is 0 Å². The number of aliphatic hydroxyl groups excluding tert-OH is 1. The van der Waals surface area contributed by atoms with E-state index in [2.05, 4.69) is 49.6 Å². The van der Waals surface area contributed by atoms with Crippen molar-refractivity contribution >= 4 is 0 Å². The number of rotatable bonds is 6. The van der Waals surface area contributed by atoms with Gasteiger partial charge < -0.3 is 9.67 Å². The van der Waals surface area contributed by atoms with Crippen LogP contribution in [0.3, 0.4) is 0 Å². The third-order valence-electron chi connectivity index (χ3n) is 5.35. The maximum atomic E-state index is 9.83. The van der Waals surface area contributed by atoms with Gasteiger partial charge in [-0.1, -0.05) is 0 Å². The lowest BCUT2D eigenvalue weighted by atomic mass is 10.1. The molecule has 0 spiro atoms. The van der Waals surface area contributed by atoms with Gasteiger partial charge in [0.05, 0.1) is 24.0 Å². The second-order valence-corrected chi connectivity index (χ2v) is 7.43. The van der Waals surface area contributed by atoms with Crippen molar-refractivity contribution in [3.8, 4) is 0 Å². The first-order valence-electron chi connectivity index (χ1n) is 9.55. The highest BCUT2D eigenvalue weighted by atomic mass is 16.3. The van der Waals surface area contributed by atoms with Crippen molar-refractivity contribution in [1.82, 2.24) is 24.1 Å². The fraction of sp³-hybridized carbons (Fsp3) is 0.632. The predicted octanol–water partition coefficient (Wildman–Crippen LogP) is 1.55. The first-order valence-corrected chi connectivity index (χ1v) is 9.55. The molecule has 1 fully saturated rings. The Balaban J connectivity index is 1.28. The van der Waals surface area contributed by atoms with Gasteiger partial charge in [0, 0.05) is 51.7 Å². The van der Waals surface area contributed by atoms with Crippen molar-refractivity contribution in [2.75, 3.05) is 26.2 Å². The minimum absolute atomic E-state index is 0.165. The van der Waals surface area contributed by atoms with Crippen molar-refractivity contribution in [3.63, 3.8) is 0 Å². The lowest BCUT2D eigenvalue weighted by Gasteiger charge is -2.29. The van der Waals surface area contributed by atoms with Gasteiger partial charge in [0.2, 0.25) is 0 Å². The summed E-state index contributed by atoms with van der Waals surface area (Å²) in [4.78, 5) is 4.87. The quantitative estimate of drug-likeness (QED) is 0.865. The zero-order valence-corrected chi connectivity index (χ0v) is 14.9. The van der Waals surface area contributed by atoms with Gasteiger partial charge >= 0.3 is 0 Å². The van der Waals surface area contributed by atoms with Gasteiger partial charge in [-0.3, -0.25) is 14.5 Å². The van der Waals surface area contributed by atoms with E-state index in [4.69, 9.17) is 5.10 Å². The predicted molar refractivity (Wildman–Crippen MR) is 97.1 cm³/mol. The van der Waals surface area contributed by atoms with E-state index < -0.39 is 0 Å². The summed E-state index contributed by atoms with van der Waals surface area (Å²) in [6.45, 7) is 8.02. The first-order chi connectivity index (χ1) is 12.3. The van der Waals surface area contributed by atoms with Crippen LogP contribution >= 0.6 is 0 Å². The summed E-state index contributed by atoms with van der Waals surface area (Å²) in [5.74, 6) is 0. The molecule has 4 rings (SSSR count). The maximum absolute atomic E-state index is 9.83. The monoisotopic (exact) mass is 343 g/mol. The number of fused-ring (bicyclic) bond motifs is 1. The van der Waals surface area contributed by atoms with Crippen molar-refractivity contribution in [2.45, 2.75) is 51.5 Å². The van der Waals surface area contributed by atoms with Crippen LogP contribution in [0.1, 0.15) is 30.7 Å². The van der Waals surface area contributed by atoms with Crippen LogP contribution in [0.5, 0.6) is 0 Å². The van der Waals surface area contributed by atoms with Gasteiger partial charge in [0.1, 0.15) is 0 Å². The van der Waals surface area contributed by atoms with Crippen LogP contribution in [0.25, 0.3) is 0 Å². The van der Waals surface area contributed by atoms with Crippen molar-refractivity contribution in [1.29, 1.82) is 0 Å². The highest BCUT2D eigenvalue weighted by molar-refractivity contribution is 5.12. The standard InChI is InChI=1S/C19H29N5O/c25-19-5-3-8-23(16-19)14-17-13-18-15-22(11-12-24(18)20-17)10-4-9-21-6-1-2-7-21/h1-2,6-7,13,19,25H,3-5,8-12,14-16H2/t19-/m1/s1. The van der Waals surface area contributed by atoms with Crippen molar-refractivity contribution in [2.24, 2.45) is 0 Å². The molecule has 136 valence electrons. The topological polar surface area (TPSA) is 49.5 Å². The molecular weight excluding hydrogens is 314 g/mol. The van der Waals surface area contributed by atoms with Gasteiger partial charge in [-0.2, -0.15) is 5.10 Å². The molecule has 2 aromatic rings. The maximum Gasteiger partial charge on any atom is 0.0768 e. The number of nitrogens with zero attached hydrogens (tertiary/aromatic N) is 5. The Morgan fingerprint density at radius 1 is 1.08 bits per heavy atom. The third-order valence-corrected chi connectivity index (χ3v) is 5.35. The molecule has 0 radical (unpaired) electrons. The molecule has 1 atom stereocenters. The van der Waals surface area contributed by atoms with Crippen molar-refractivity contribution < 1.29 is 5.11 Å². The number of hydrogen-bond acceptors (Lipinski definition) is 4. The summed E-state index contributed by atoms with van der Waals surface area (Å²) in [5.41, 5.74) is 2.48. The average Bonchev–Trinajstić information content (AvgIpc) is 3.23. The number of hydrogen-bond donors (Lipinski definition) is 1. The van der Waals surface area contributed by atoms with E-state index in [1.165, 1.54) is 12.1 Å². The van der Waals surface area contributed by atoms with Crippen molar-refractivity contribution in [3.05, 3.63) is 42.0 Å². The Bertz CT molecular complexity index is 665. The Morgan fingerprint density at radius 2 is 1.96 bits per heavy atom. The second-order valence-electron chi connectivity index (χ2n) is 7.43. The number of piperidine rings is 1. The molecule has 0 aliphatic carbocycles. The Labute approximate surface area is 149 Å². The summed E-state index contributed by atoms with van der Waals surface area (Å²) in [6, 6.07) is 6.43. The minimum Gasteiger partial charge on any atom is -0.392 e.